The fourth-order valence-electron chi connectivity index (χ4n) is 0.383. The molecule has 0 saturated carbocycles. The number of aliphatic hydroxyl groups is 2. The summed E-state index contributed by atoms with van der Waals surface area (Å²) in [5.74, 6) is 0. The lowest BCUT2D eigenvalue weighted by atomic mass is 10.6. The third-order valence-corrected chi connectivity index (χ3v) is 0.801. The van der Waals surface area contributed by atoms with Gasteiger partial charge in [-0.2, -0.15) is 5.06 Å². The molecule has 0 aromatic heterocycles. The molecule has 0 bridgehead atoms. The van der Waals surface area contributed by atoms with Crippen molar-refractivity contribution in [1.82, 2.24) is 0 Å². The average molecular weight is 122 g/mol. The van der Waals surface area contributed by atoms with Crippen molar-refractivity contribution in [3.63, 3.8) is 0 Å². The molecule has 4 N–H and O–H groups in total. The summed E-state index contributed by atoms with van der Waals surface area (Å²) in [5.41, 5.74) is 0. The van der Waals surface area contributed by atoms with Gasteiger partial charge in [0.1, 0.15) is 13.1 Å². The van der Waals surface area contributed by atoms with E-state index < -0.39 is 0 Å². The molecule has 8 heavy (non-hydrogen) atoms. The van der Waals surface area contributed by atoms with E-state index in [4.69, 9.17) is 15.4 Å². The smallest absolute Gasteiger partial charge is 0.130 e. The van der Waals surface area contributed by atoms with Crippen LogP contribution in [0.4, 0.5) is 0 Å². The first-order chi connectivity index (χ1) is 3.81. The van der Waals surface area contributed by atoms with E-state index in [1.807, 2.05) is 0 Å². The zero-order valence-electron chi connectivity index (χ0n) is 4.67. The summed E-state index contributed by atoms with van der Waals surface area (Å²) in [5, 5.41) is 25.2. The normalized spacial score (nSPS) is 10.5. The van der Waals surface area contributed by atoms with Gasteiger partial charge in [-0.1, -0.05) is 0 Å². The monoisotopic (exact) mass is 122 g/mol. The van der Waals surface area contributed by atoms with Crippen LogP contribution >= 0.6 is 0 Å². The molecule has 0 amide bonds. The standard InChI is InChI=1S/C4H11NO3/c6-3-1-5(8)2-4-7/h6-8H,1-4H2/p+1. The molecular weight excluding hydrogens is 110 g/mol. The lowest BCUT2D eigenvalue weighted by Crippen LogP contribution is -3.10. The summed E-state index contributed by atoms with van der Waals surface area (Å²) < 4.78 is 0. The van der Waals surface area contributed by atoms with Crippen molar-refractivity contribution in [2.24, 2.45) is 0 Å². The first-order valence-electron chi connectivity index (χ1n) is 2.56. The minimum Gasteiger partial charge on any atom is -0.390 e. The lowest BCUT2D eigenvalue weighted by molar-refractivity contribution is -1.09. The molecule has 0 heterocycles. The van der Waals surface area contributed by atoms with E-state index in [0.29, 0.717) is 0 Å². The maximum Gasteiger partial charge on any atom is 0.130 e. The fraction of sp³-hybridized carbons (Fsp3) is 1.00. The van der Waals surface area contributed by atoms with Crippen LogP contribution in [0.3, 0.4) is 0 Å². The molecule has 0 aromatic carbocycles. The quantitative estimate of drug-likeness (QED) is 0.305. The van der Waals surface area contributed by atoms with E-state index in [2.05, 4.69) is 0 Å². The molecule has 0 radical (unpaired) electrons. The second-order valence-corrected chi connectivity index (χ2v) is 1.51. The van der Waals surface area contributed by atoms with E-state index in [0.717, 1.165) is 0 Å². The highest BCUT2D eigenvalue weighted by Gasteiger charge is 1.98. The van der Waals surface area contributed by atoms with E-state index in [9.17, 15) is 0 Å². The second-order valence-electron chi connectivity index (χ2n) is 1.51. The Morgan fingerprint density at radius 3 is 1.62 bits per heavy atom. The predicted octanol–water partition coefficient (Wildman–Crippen LogP) is -2.75. The largest absolute Gasteiger partial charge is 0.390 e. The molecule has 0 saturated heterocycles. The van der Waals surface area contributed by atoms with Gasteiger partial charge < -0.3 is 10.2 Å². The van der Waals surface area contributed by atoms with Crippen molar-refractivity contribution in [1.29, 1.82) is 0 Å². The predicted molar refractivity (Wildman–Crippen MR) is 26.7 cm³/mol. The Kier molecular flexibility index (Phi) is 4.89. The van der Waals surface area contributed by atoms with Crippen molar-refractivity contribution in [2.75, 3.05) is 26.3 Å². The molecule has 4 nitrogen and oxygen atoms in total. The van der Waals surface area contributed by atoms with Crippen LogP contribution in [0, 0.1) is 0 Å². The molecule has 0 fully saturated rings. The number of hydrogen-bond donors (Lipinski definition) is 4. The molecule has 0 aliphatic carbocycles. The van der Waals surface area contributed by atoms with Gasteiger partial charge in [0.05, 0.1) is 13.2 Å². The van der Waals surface area contributed by atoms with Crippen LogP contribution < -0.4 is 5.06 Å². The summed E-state index contributed by atoms with van der Waals surface area (Å²) in [7, 11) is 0. The summed E-state index contributed by atoms with van der Waals surface area (Å²) in [6.45, 7) is 0.457. The zero-order valence-corrected chi connectivity index (χ0v) is 4.67. The Bertz CT molecular complexity index is 44.5. The summed E-state index contributed by atoms with van der Waals surface area (Å²) in [6, 6.07) is 0. The second kappa shape index (κ2) is 4.99. The van der Waals surface area contributed by atoms with Gasteiger partial charge in [-0.05, 0) is 0 Å². The van der Waals surface area contributed by atoms with Crippen molar-refractivity contribution in [2.45, 2.75) is 0 Å². The number of quaternary nitrogens is 1. The van der Waals surface area contributed by atoms with Crippen LogP contribution in [-0.4, -0.2) is 41.7 Å². The maximum absolute atomic E-state index is 8.65. The first kappa shape index (κ1) is 7.84. The summed E-state index contributed by atoms with van der Waals surface area (Å²) in [4.78, 5) is 0. The van der Waals surface area contributed by atoms with Crippen molar-refractivity contribution < 1.29 is 20.5 Å². The molecule has 0 aliphatic rings. The number of rotatable bonds is 4. The van der Waals surface area contributed by atoms with E-state index in [1.165, 1.54) is 0 Å². The third kappa shape index (κ3) is 4.01. The van der Waals surface area contributed by atoms with Crippen molar-refractivity contribution in [3.05, 3.63) is 0 Å². The molecule has 0 aliphatic heterocycles. The van der Waals surface area contributed by atoms with Crippen LogP contribution in [0.25, 0.3) is 0 Å². The SMILES string of the molecule is OCC[NH+](O)CCO. The zero-order chi connectivity index (χ0) is 6.41. The first-order valence-corrected chi connectivity index (χ1v) is 2.56. The summed E-state index contributed by atoms with van der Waals surface area (Å²) >= 11 is 0. The van der Waals surface area contributed by atoms with Gasteiger partial charge >= 0.3 is 0 Å². The highest BCUT2D eigenvalue weighted by molar-refractivity contribution is 4.17. The highest BCUT2D eigenvalue weighted by Crippen LogP contribution is 1.45. The number of nitrogens with one attached hydrogen (secondary N) is 1. The Morgan fingerprint density at radius 2 is 1.38 bits per heavy atom. The molecular formula is C4H12NO3+. The van der Waals surface area contributed by atoms with Crippen LogP contribution in [-0.2, 0) is 0 Å². The van der Waals surface area contributed by atoms with Gasteiger partial charge in [0.25, 0.3) is 0 Å². The van der Waals surface area contributed by atoms with E-state index in [-0.39, 0.29) is 31.4 Å². The third-order valence-electron chi connectivity index (χ3n) is 0.801. The molecule has 0 aromatic rings. The maximum atomic E-state index is 8.65. The fourth-order valence-corrected chi connectivity index (χ4v) is 0.383. The highest BCUT2D eigenvalue weighted by atomic mass is 16.5. The van der Waals surface area contributed by atoms with E-state index >= 15 is 0 Å². The van der Waals surface area contributed by atoms with Gasteiger partial charge in [0.15, 0.2) is 0 Å². The molecule has 0 unspecified atom stereocenters. The molecule has 4 heteroatoms. The molecule has 50 valence electrons. The Morgan fingerprint density at radius 1 is 1.00 bits per heavy atom. The van der Waals surface area contributed by atoms with Crippen LogP contribution in [0.1, 0.15) is 0 Å². The topological polar surface area (TPSA) is 65.1 Å². The van der Waals surface area contributed by atoms with Gasteiger partial charge in [-0.3, -0.25) is 0 Å². The van der Waals surface area contributed by atoms with Crippen molar-refractivity contribution >= 4 is 0 Å². The van der Waals surface area contributed by atoms with Gasteiger partial charge in [-0.15, -0.1) is 0 Å². The number of hydrogen-bond acceptors (Lipinski definition) is 3. The Labute approximate surface area is 47.9 Å². The van der Waals surface area contributed by atoms with Crippen molar-refractivity contribution in [3.8, 4) is 0 Å². The molecule has 0 atom stereocenters. The lowest BCUT2D eigenvalue weighted by Gasteiger charge is -2.05. The van der Waals surface area contributed by atoms with Crippen LogP contribution in [0.2, 0.25) is 0 Å². The van der Waals surface area contributed by atoms with Crippen LogP contribution in [0.5, 0.6) is 0 Å². The minimum absolute atomic E-state index is 0.0498. The number of aliphatic hydroxyl groups excluding tert-OH is 2. The average Bonchev–Trinajstić information content (AvgIpc) is 1.68. The Balaban J connectivity index is 2.92. The van der Waals surface area contributed by atoms with Gasteiger partial charge in [0.2, 0.25) is 0 Å². The Hall–Kier alpha value is -0.160. The van der Waals surface area contributed by atoms with Gasteiger partial charge in [0, 0.05) is 0 Å². The van der Waals surface area contributed by atoms with Gasteiger partial charge in [-0.25, -0.2) is 5.21 Å². The summed E-state index contributed by atoms with van der Waals surface area (Å²) in [6.07, 6.45) is 0. The molecule has 0 rings (SSSR count). The van der Waals surface area contributed by atoms with Crippen LogP contribution in [0.15, 0.2) is 0 Å². The minimum atomic E-state index is -0.0498. The number of hydroxylamine groups is 2. The van der Waals surface area contributed by atoms with E-state index in [1.54, 1.807) is 0 Å². The molecule has 0 spiro atoms.